The second-order valence-electron chi connectivity index (χ2n) is 8.79. The molecule has 0 bridgehead atoms. The standard InChI is InChI=1S/C26H37N6OPS/c27-15-5-4-9-22(31-35-18-20-7-2-1-3-8-20)26(34)32-16-6-10-23(32)25(33)30-17-19-11-13-21(14-12-19)24(28)29/h1-3,7-8,11-14,22-23,31,34H,4-6,9-10,15-18,27H2,(H3,28,29)(H,30,33)/t22-,23+/m1/s1. The van der Waals surface area contributed by atoms with Crippen molar-refractivity contribution in [2.24, 2.45) is 11.5 Å². The highest BCUT2D eigenvalue weighted by Gasteiger charge is 2.34. The molecular formula is C26H37N6OPS. The van der Waals surface area contributed by atoms with Gasteiger partial charge < -0.3 is 16.8 Å². The van der Waals surface area contributed by atoms with Crippen LogP contribution in [-0.4, -0.2) is 47.2 Å². The molecule has 2 atom stereocenters. The number of amides is 1. The number of amidine groups is 1. The zero-order valence-corrected chi connectivity index (χ0v) is 21.9. The first-order chi connectivity index (χ1) is 17.0. The molecule has 2 aromatic rings. The second-order valence-corrected chi connectivity index (χ2v) is 10.1. The number of unbranched alkanes of at least 4 members (excludes halogenated alkanes) is 1. The molecule has 7 N–H and O–H groups in total. The Morgan fingerprint density at radius 2 is 1.89 bits per heavy atom. The summed E-state index contributed by atoms with van der Waals surface area (Å²) in [5.74, 6) is 0.950. The fourth-order valence-corrected chi connectivity index (χ4v) is 5.64. The third-order valence-corrected chi connectivity index (χ3v) is 7.75. The fraction of sp³-hybridized carbons (Fsp3) is 0.423. The first-order valence-electron chi connectivity index (χ1n) is 12.2. The summed E-state index contributed by atoms with van der Waals surface area (Å²) in [4.78, 5) is 15.3. The van der Waals surface area contributed by atoms with Gasteiger partial charge in [-0.3, -0.25) is 19.8 Å². The van der Waals surface area contributed by atoms with Crippen LogP contribution in [0.15, 0.2) is 54.6 Å². The molecule has 1 amide bonds. The largest absolute Gasteiger partial charge is 0.384 e. The summed E-state index contributed by atoms with van der Waals surface area (Å²) in [5.41, 5.74) is 15.2. The van der Waals surface area contributed by atoms with E-state index in [1.54, 1.807) is 24.1 Å². The van der Waals surface area contributed by atoms with E-state index in [2.05, 4.69) is 48.1 Å². The van der Waals surface area contributed by atoms with Crippen LogP contribution in [0.1, 0.15) is 48.8 Å². The van der Waals surface area contributed by atoms with E-state index in [1.807, 2.05) is 18.2 Å². The van der Waals surface area contributed by atoms with E-state index in [-0.39, 0.29) is 23.8 Å². The zero-order chi connectivity index (χ0) is 25.0. The number of carbonyl (C=O) groups is 1. The van der Waals surface area contributed by atoms with Crippen LogP contribution in [0.3, 0.4) is 0 Å². The maximum Gasteiger partial charge on any atom is 0.237 e. The Balaban J connectivity index is 1.57. The van der Waals surface area contributed by atoms with Gasteiger partial charge in [-0.05, 0) is 43.4 Å². The molecule has 1 aliphatic rings. The van der Waals surface area contributed by atoms with E-state index in [0.29, 0.717) is 18.7 Å². The molecule has 0 radical (unpaired) electrons. The lowest BCUT2D eigenvalue weighted by Gasteiger charge is -2.31. The molecule has 1 fully saturated rings. The van der Waals surface area contributed by atoms with Crippen LogP contribution in [-0.2, 0) is 17.1 Å². The summed E-state index contributed by atoms with van der Waals surface area (Å²) >= 11 is 1.70. The van der Waals surface area contributed by atoms with Crippen molar-refractivity contribution >= 4 is 38.0 Å². The van der Waals surface area contributed by atoms with Gasteiger partial charge in [-0.2, -0.15) is 0 Å². The molecule has 1 saturated heterocycles. The highest BCUT2D eigenvalue weighted by Crippen LogP contribution is 2.23. The Bertz CT molecular complexity index is 972. The first kappa shape index (κ1) is 27.4. The molecule has 0 spiro atoms. The van der Waals surface area contributed by atoms with Crippen molar-refractivity contribution in [3.8, 4) is 0 Å². The van der Waals surface area contributed by atoms with Crippen molar-refractivity contribution in [2.45, 2.75) is 56.5 Å². The lowest BCUT2D eigenvalue weighted by Crippen LogP contribution is -2.50. The Labute approximate surface area is 215 Å². The van der Waals surface area contributed by atoms with Gasteiger partial charge in [-0.1, -0.05) is 73.0 Å². The molecule has 35 heavy (non-hydrogen) atoms. The van der Waals surface area contributed by atoms with Crippen LogP contribution in [0.4, 0.5) is 0 Å². The predicted octanol–water partition coefficient (Wildman–Crippen LogP) is 3.26. The number of likely N-dealkylation sites (tertiary alicyclic amines) is 1. The summed E-state index contributed by atoms with van der Waals surface area (Å²) in [6.07, 6.45) is 4.76. The lowest BCUT2D eigenvalue weighted by molar-refractivity contribution is -0.124. The van der Waals surface area contributed by atoms with Gasteiger partial charge in [0.25, 0.3) is 0 Å². The van der Waals surface area contributed by atoms with E-state index >= 15 is 0 Å². The smallest absolute Gasteiger partial charge is 0.237 e. The summed E-state index contributed by atoms with van der Waals surface area (Å²) in [7, 11) is 3.92. The number of nitrogens with zero attached hydrogens (tertiary/aromatic N) is 1. The molecule has 0 unspecified atom stereocenters. The van der Waals surface area contributed by atoms with Gasteiger partial charge in [0.05, 0.1) is 12.1 Å². The van der Waals surface area contributed by atoms with Crippen LogP contribution in [0.5, 0.6) is 0 Å². The van der Waals surface area contributed by atoms with Gasteiger partial charge in [0.2, 0.25) is 5.91 Å². The molecule has 0 aromatic heterocycles. The highest BCUT2D eigenvalue weighted by molar-refractivity contribution is 7.96. The SMILES string of the molecule is N=C(N)c1ccc(CNC(=O)[C@@H]2CCCN2C(=P)[C@@H](CCCCN)NSCc2ccccc2)cc1. The summed E-state index contributed by atoms with van der Waals surface area (Å²) < 4.78 is 3.62. The van der Waals surface area contributed by atoms with E-state index < -0.39 is 0 Å². The Morgan fingerprint density at radius 1 is 1.14 bits per heavy atom. The number of carbonyl (C=O) groups excluding carboxylic acids is 1. The quantitative estimate of drug-likeness (QED) is 0.0871. The predicted molar refractivity (Wildman–Crippen MR) is 150 cm³/mol. The minimum atomic E-state index is -0.197. The number of benzene rings is 2. The van der Waals surface area contributed by atoms with E-state index in [0.717, 1.165) is 55.4 Å². The second kappa shape index (κ2) is 14.4. The lowest BCUT2D eigenvalue weighted by atomic mass is 10.1. The van der Waals surface area contributed by atoms with Crippen LogP contribution in [0, 0.1) is 5.41 Å². The third-order valence-electron chi connectivity index (χ3n) is 6.18. The van der Waals surface area contributed by atoms with Crippen LogP contribution in [0.2, 0.25) is 0 Å². The van der Waals surface area contributed by atoms with Crippen molar-refractivity contribution in [3.05, 3.63) is 71.3 Å². The summed E-state index contributed by atoms with van der Waals surface area (Å²) in [6.45, 7) is 1.98. The van der Waals surface area contributed by atoms with Crippen molar-refractivity contribution in [3.63, 3.8) is 0 Å². The van der Waals surface area contributed by atoms with Gasteiger partial charge in [-0.15, -0.1) is 8.86 Å². The molecular weight excluding hydrogens is 475 g/mol. The van der Waals surface area contributed by atoms with Gasteiger partial charge in [-0.25, -0.2) is 0 Å². The molecule has 3 rings (SSSR count). The van der Waals surface area contributed by atoms with Crippen LogP contribution < -0.4 is 21.5 Å². The van der Waals surface area contributed by atoms with Crippen LogP contribution >= 0.6 is 20.8 Å². The molecule has 2 aromatic carbocycles. The molecule has 1 aliphatic heterocycles. The Kier molecular flexibility index (Phi) is 11.2. The maximum atomic E-state index is 13.1. The Morgan fingerprint density at radius 3 is 2.57 bits per heavy atom. The van der Waals surface area contributed by atoms with E-state index in [4.69, 9.17) is 16.9 Å². The molecule has 1 heterocycles. The van der Waals surface area contributed by atoms with E-state index in [1.165, 1.54) is 5.56 Å². The third kappa shape index (κ3) is 8.44. The normalized spacial score (nSPS) is 16.7. The molecule has 0 aliphatic carbocycles. The Hall–Kier alpha value is -2.22. The maximum absolute atomic E-state index is 13.1. The summed E-state index contributed by atoms with van der Waals surface area (Å²) in [5, 5.41) is 10.6. The molecule has 188 valence electrons. The number of hydrogen-bond acceptors (Lipinski definition) is 5. The zero-order valence-electron chi connectivity index (χ0n) is 20.1. The monoisotopic (exact) mass is 512 g/mol. The van der Waals surface area contributed by atoms with Crippen molar-refractivity contribution in [1.82, 2.24) is 14.9 Å². The highest BCUT2D eigenvalue weighted by atomic mass is 32.2. The number of nitrogen functional groups attached to an aromatic ring is 1. The number of hydrogen-bond donors (Lipinski definition) is 5. The van der Waals surface area contributed by atoms with Gasteiger partial charge >= 0.3 is 0 Å². The molecule has 9 heteroatoms. The van der Waals surface area contributed by atoms with Crippen LogP contribution in [0.25, 0.3) is 0 Å². The number of nitrogens with two attached hydrogens (primary N) is 2. The number of nitrogens with one attached hydrogen (secondary N) is 3. The van der Waals surface area contributed by atoms with Crippen molar-refractivity contribution in [1.29, 1.82) is 5.41 Å². The van der Waals surface area contributed by atoms with E-state index in [9.17, 15) is 4.79 Å². The average molecular weight is 513 g/mol. The van der Waals surface area contributed by atoms with Gasteiger partial charge in [0.1, 0.15) is 5.84 Å². The minimum Gasteiger partial charge on any atom is -0.384 e. The first-order valence-corrected chi connectivity index (χ1v) is 13.7. The summed E-state index contributed by atoms with van der Waals surface area (Å²) in [6, 6.07) is 17.7. The minimum absolute atomic E-state index is 0.0338. The topological polar surface area (TPSA) is 120 Å². The molecule has 0 saturated carbocycles. The van der Waals surface area contributed by atoms with Gasteiger partial charge in [0, 0.05) is 29.8 Å². The number of rotatable bonds is 14. The van der Waals surface area contributed by atoms with Crippen molar-refractivity contribution in [2.75, 3.05) is 13.1 Å². The van der Waals surface area contributed by atoms with Crippen molar-refractivity contribution < 1.29 is 4.79 Å². The van der Waals surface area contributed by atoms with Gasteiger partial charge in [0.15, 0.2) is 0 Å². The molecule has 7 nitrogen and oxygen atoms in total. The fourth-order valence-electron chi connectivity index (χ4n) is 4.18. The average Bonchev–Trinajstić information content (AvgIpc) is 3.37.